The van der Waals surface area contributed by atoms with Gasteiger partial charge in [0.25, 0.3) is 0 Å². The summed E-state index contributed by atoms with van der Waals surface area (Å²) in [5.41, 5.74) is 6.62. The molecule has 18 heavy (non-hydrogen) atoms. The normalized spacial score (nSPS) is 14.1. The smallest absolute Gasteiger partial charge is 0.138 e. The van der Waals surface area contributed by atoms with E-state index in [1.165, 1.54) is 18.9 Å². The summed E-state index contributed by atoms with van der Waals surface area (Å²) in [7, 11) is 0. The van der Waals surface area contributed by atoms with Gasteiger partial charge in [-0.3, -0.25) is 0 Å². The molecule has 0 spiro atoms. The number of rotatable bonds is 5. The molecule has 1 fully saturated rings. The quantitative estimate of drug-likeness (QED) is 0.640. The Morgan fingerprint density at radius 1 is 1.39 bits per heavy atom. The molecule has 0 aliphatic heterocycles. The molecule has 1 aliphatic carbocycles. The van der Waals surface area contributed by atoms with Crippen molar-refractivity contribution in [3.63, 3.8) is 0 Å². The third-order valence-corrected chi connectivity index (χ3v) is 2.99. The van der Waals surface area contributed by atoms with Crippen LogP contribution in [0.1, 0.15) is 30.4 Å². The fraction of sp³-hybridized carbons (Fsp3) is 0.467. The van der Waals surface area contributed by atoms with E-state index >= 15 is 0 Å². The van der Waals surface area contributed by atoms with Crippen LogP contribution in [-0.2, 0) is 11.3 Å². The third kappa shape index (κ3) is 4.14. The van der Waals surface area contributed by atoms with Crippen LogP contribution >= 0.6 is 0 Å². The minimum absolute atomic E-state index is 0.238. The molecule has 96 valence electrons. The highest BCUT2D eigenvalue weighted by molar-refractivity contribution is 5.38. The maximum absolute atomic E-state index is 13.4. The van der Waals surface area contributed by atoms with Gasteiger partial charge in [-0.15, -0.1) is 0 Å². The minimum Gasteiger partial charge on any atom is -0.377 e. The zero-order chi connectivity index (χ0) is 12.8. The van der Waals surface area contributed by atoms with Gasteiger partial charge in [-0.05, 0) is 30.0 Å². The molecule has 1 saturated carbocycles. The largest absolute Gasteiger partial charge is 0.377 e. The summed E-state index contributed by atoms with van der Waals surface area (Å²) in [6.45, 7) is 1.54. The summed E-state index contributed by atoms with van der Waals surface area (Å²) in [5, 5.41) is 0. The molecule has 0 aromatic heterocycles. The van der Waals surface area contributed by atoms with Gasteiger partial charge in [0.15, 0.2) is 0 Å². The molecule has 0 heterocycles. The maximum atomic E-state index is 13.4. The fourth-order valence-corrected chi connectivity index (χ4v) is 1.75. The lowest BCUT2D eigenvalue weighted by Gasteiger charge is -2.05. The minimum atomic E-state index is -0.308. The van der Waals surface area contributed by atoms with Gasteiger partial charge in [0.05, 0.1) is 18.7 Å². The molecule has 2 rings (SSSR count). The first-order chi connectivity index (χ1) is 8.79. The van der Waals surface area contributed by atoms with Gasteiger partial charge in [0, 0.05) is 6.61 Å². The Hall–Kier alpha value is -1.37. The van der Waals surface area contributed by atoms with E-state index in [0.29, 0.717) is 12.2 Å². The zero-order valence-electron chi connectivity index (χ0n) is 10.4. The average molecular weight is 247 g/mol. The van der Waals surface area contributed by atoms with Gasteiger partial charge in [-0.2, -0.15) is 0 Å². The van der Waals surface area contributed by atoms with Crippen molar-refractivity contribution in [1.29, 1.82) is 0 Å². The van der Waals surface area contributed by atoms with E-state index < -0.39 is 0 Å². The van der Waals surface area contributed by atoms with Crippen LogP contribution in [0.2, 0.25) is 0 Å². The maximum Gasteiger partial charge on any atom is 0.138 e. The molecule has 2 N–H and O–H groups in total. The number of ether oxygens (including phenoxy) is 1. The molecule has 0 saturated heterocycles. The number of halogens is 1. The van der Waals surface area contributed by atoms with Gasteiger partial charge >= 0.3 is 0 Å². The van der Waals surface area contributed by atoms with E-state index in [2.05, 4.69) is 11.8 Å². The summed E-state index contributed by atoms with van der Waals surface area (Å²) in [6.07, 6.45) is 3.83. The highest BCUT2D eigenvalue weighted by Crippen LogP contribution is 2.32. The van der Waals surface area contributed by atoms with Crippen LogP contribution in [0.3, 0.4) is 0 Å². The molecule has 0 radical (unpaired) electrons. The molecule has 0 unspecified atom stereocenters. The molecule has 0 amide bonds. The predicted octanol–water partition coefficient (Wildman–Crippen LogP) is 2.45. The highest BCUT2D eigenvalue weighted by atomic mass is 19.1. The predicted molar refractivity (Wildman–Crippen MR) is 69.3 cm³/mol. The van der Waals surface area contributed by atoms with E-state index in [4.69, 9.17) is 10.5 Å². The number of nitrogens with two attached hydrogens (primary N) is 1. The van der Waals surface area contributed by atoms with Crippen LogP contribution in [0.5, 0.6) is 0 Å². The second-order valence-corrected chi connectivity index (χ2v) is 4.60. The summed E-state index contributed by atoms with van der Waals surface area (Å²) < 4.78 is 19.0. The Bertz CT molecular complexity index is 457. The molecule has 0 bridgehead atoms. The van der Waals surface area contributed by atoms with E-state index in [-0.39, 0.29) is 12.4 Å². The van der Waals surface area contributed by atoms with Crippen molar-refractivity contribution >= 4 is 0 Å². The number of benzene rings is 1. The topological polar surface area (TPSA) is 35.2 Å². The highest BCUT2D eigenvalue weighted by Gasteiger charge is 2.20. The third-order valence-electron chi connectivity index (χ3n) is 2.99. The summed E-state index contributed by atoms with van der Waals surface area (Å²) >= 11 is 0. The number of hydrogen-bond donors (Lipinski definition) is 1. The average Bonchev–Trinajstić information content (AvgIpc) is 3.19. The Kier molecular flexibility index (Phi) is 4.74. The fourth-order valence-electron chi connectivity index (χ4n) is 1.75. The lowest BCUT2D eigenvalue weighted by Crippen LogP contribution is -1.98. The monoisotopic (exact) mass is 247 g/mol. The Balaban J connectivity index is 1.86. The summed E-state index contributed by atoms with van der Waals surface area (Å²) in [6, 6.07) is 4.90. The van der Waals surface area contributed by atoms with Crippen molar-refractivity contribution in [2.24, 2.45) is 11.7 Å². The lowest BCUT2D eigenvalue weighted by atomic mass is 10.1. The first kappa shape index (κ1) is 13.1. The van der Waals surface area contributed by atoms with Crippen LogP contribution in [0.25, 0.3) is 0 Å². The molecule has 0 atom stereocenters. The van der Waals surface area contributed by atoms with Crippen molar-refractivity contribution in [3.05, 3.63) is 35.1 Å². The van der Waals surface area contributed by atoms with Crippen LogP contribution in [0, 0.1) is 23.6 Å². The van der Waals surface area contributed by atoms with E-state index in [1.807, 2.05) is 0 Å². The van der Waals surface area contributed by atoms with Gasteiger partial charge < -0.3 is 10.5 Å². The molecule has 2 nitrogen and oxygen atoms in total. The van der Waals surface area contributed by atoms with Crippen molar-refractivity contribution in [2.45, 2.75) is 25.9 Å². The first-order valence-electron chi connectivity index (χ1n) is 6.34. The summed E-state index contributed by atoms with van der Waals surface area (Å²) in [5.74, 6) is 5.96. The molecule has 1 aromatic rings. The van der Waals surface area contributed by atoms with Crippen molar-refractivity contribution in [3.8, 4) is 11.8 Å². The van der Waals surface area contributed by atoms with Gasteiger partial charge in [-0.25, -0.2) is 4.39 Å². The van der Waals surface area contributed by atoms with Crippen LogP contribution in [0.15, 0.2) is 18.2 Å². The van der Waals surface area contributed by atoms with Crippen LogP contribution < -0.4 is 5.73 Å². The molecular formula is C15H18FNO. The van der Waals surface area contributed by atoms with Crippen molar-refractivity contribution < 1.29 is 9.13 Å². The molecule has 1 aromatic carbocycles. The van der Waals surface area contributed by atoms with E-state index in [0.717, 1.165) is 24.5 Å². The van der Waals surface area contributed by atoms with Gasteiger partial charge in [0.2, 0.25) is 0 Å². The van der Waals surface area contributed by atoms with Crippen molar-refractivity contribution in [1.82, 2.24) is 0 Å². The SMILES string of the molecule is NCC#Cc1cc(COCCC2CC2)ccc1F. The number of hydrogen-bond acceptors (Lipinski definition) is 2. The van der Waals surface area contributed by atoms with Gasteiger partial charge in [-0.1, -0.05) is 30.7 Å². The first-order valence-corrected chi connectivity index (χ1v) is 6.34. The van der Waals surface area contributed by atoms with E-state index in [9.17, 15) is 4.39 Å². The van der Waals surface area contributed by atoms with E-state index in [1.54, 1.807) is 12.1 Å². The standard InChI is InChI=1S/C15H18FNO/c16-15-6-5-13(10-14(15)2-1-8-17)11-18-9-7-12-3-4-12/h5-6,10,12H,3-4,7-9,11,17H2. The molecule has 1 aliphatic rings. The summed E-state index contributed by atoms with van der Waals surface area (Å²) in [4.78, 5) is 0. The Morgan fingerprint density at radius 2 is 2.22 bits per heavy atom. The second-order valence-electron chi connectivity index (χ2n) is 4.60. The van der Waals surface area contributed by atoms with Gasteiger partial charge in [0.1, 0.15) is 5.82 Å². The van der Waals surface area contributed by atoms with Crippen LogP contribution in [-0.4, -0.2) is 13.2 Å². The zero-order valence-corrected chi connectivity index (χ0v) is 10.4. The van der Waals surface area contributed by atoms with Crippen LogP contribution in [0.4, 0.5) is 4.39 Å². The molecule has 3 heteroatoms. The Morgan fingerprint density at radius 3 is 2.94 bits per heavy atom. The van der Waals surface area contributed by atoms with Crippen molar-refractivity contribution in [2.75, 3.05) is 13.2 Å². The second kappa shape index (κ2) is 6.53. The molecular weight excluding hydrogens is 229 g/mol. The lowest BCUT2D eigenvalue weighted by molar-refractivity contribution is 0.115. The Labute approximate surface area is 107 Å².